The predicted octanol–water partition coefficient (Wildman–Crippen LogP) is 17.6. The van der Waals surface area contributed by atoms with Crippen LogP contribution in [0.5, 0.6) is 0 Å². The fourth-order valence-electron chi connectivity index (χ4n) is 9.43. The van der Waals surface area contributed by atoms with Gasteiger partial charge >= 0.3 is 5.97 Å². The molecular weight excluding hydrogens is 1450 g/mol. The van der Waals surface area contributed by atoms with E-state index in [0.29, 0.717) is 79.0 Å². The van der Waals surface area contributed by atoms with E-state index >= 15 is 0 Å². The van der Waals surface area contributed by atoms with Gasteiger partial charge in [0.25, 0.3) is 5.91 Å². The van der Waals surface area contributed by atoms with Gasteiger partial charge in [-0.3, -0.25) is 19.8 Å². The number of amides is 1. The third kappa shape index (κ3) is 22.3. The summed E-state index contributed by atoms with van der Waals surface area (Å²) in [6.45, 7) is 8.23. The Morgan fingerprint density at radius 1 is 0.462 bits per heavy atom. The van der Waals surface area contributed by atoms with Crippen molar-refractivity contribution in [3.63, 3.8) is 0 Å². The summed E-state index contributed by atoms with van der Waals surface area (Å²) >= 11 is 10.8. The zero-order valence-corrected chi connectivity index (χ0v) is 60.8. The molecule has 1 amide bonds. The normalized spacial score (nSPS) is 10.4. The summed E-state index contributed by atoms with van der Waals surface area (Å²) in [5.41, 5.74) is 16.9. The number of nitrogens with zero attached hydrogens (tertiary/aromatic N) is 14. The Kier molecular flexibility index (Phi) is 27.7. The van der Waals surface area contributed by atoms with Crippen LogP contribution >= 0.6 is 71.2 Å². The molecule has 0 fully saturated rings. The monoisotopic (exact) mass is 1510 g/mol. The molecule has 31 heteroatoms. The van der Waals surface area contributed by atoms with Crippen molar-refractivity contribution in [3.05, 3.63) is 293 Å². The maximum atomic E-state index is 13.3. The van der Waals surface area contributed by atoms with Gasteiger partial charge in [0.15, 0.2) is 5.13 Å². The third-order valence-electron chi connectivity index (χ3n) is 14.4. The largest absolute Gasteiger partial charge is 0.465 e. The summed E-state index contributed by atoms with van der Waals surface area (Å²) in [4.78, 5) is 61.4. The lowest BCUT2D eigenvalue weighted by Gasteiger charge is -2.21. The number of esters is 1. The van der Waals surface area contributed by atoms with E-state index in [0.717, 1.165) is 67.3 Å². The summed E-state index contributed by atoms with van der Waals surface area (Å²) in [6.07, 6.45) is 6.74. The molecule has 0 spiro atoms. The molecule has 0 saturated heterocycles. The zero-order chi connectivity index (χ0) is 72.8. The molecule has 8 heterocycles. The Bertz CT molecular complexity index is 4880. The van der Waals surface area contributed by atoms with Gasteiger partial charge in [0.05, 0.1) is 25.8 Å². The van der Waals surface area contributed by atoms with Gasteiger partial charge in [-0.1, -0.05) is 84.4 Å². The number of methoxy groups -OCH3 is 1. The number of nitrogen functional groups attached to an aromatic ring is 1. The van der Waals surface area contributed by atoms with E-state index in [1.54, 1.807) is 121 Å². The quantitative estimate of drug-likeness (QED) is 0.0230. The number of carbonyl (C=O) groups excluding carboxylic acids is 2. The van der Waals surface area contributed by atoms with Crippen molar-refractivity contribution in [3.8, 4) is 44.5 Å². The molecule has 8 aromatic heterocycles. The highest BCUT2D eigenvalue weighted by atomic mass is 35.5. The summed E-state index contributed by atoms with van der Waals surface area (Å²) in [5, 5.41) is 15.0. The molecule has 0 atom stereocenters. The van der Waals surface area contributed by atoms with E-state index in [1.807, 2.05) is 92.1 Å². The minimum atomic E-state index is -0.572. The van der Waals surface area contributed by atoms with E-state index in [9.17, 15) is 27.2 Å². The zero-order valence-electron chi connectivity index (χ0n) is 55.7. The van der Waals surface area contributed by atoms with Crippen molar-refractivity contribution in [2.45, 2.75) is 40.8 Å². The fourth-order valence-corrected chi connectivity index (χ4v) is 12.0. The third-order valence-corrected chi connectivity index (χ3v) is 17.6. The van der Waals surface area contributed by atoms with E-state index in [4.69, 9.17) is 27.3 Å². The van der Waals surface area contributed by atoms with E-state index < -0.39 is 5.91 Å². The van der Waals surface area contributed by atoms with Gasteiger partial charge in [0.1, 0.15) is 69.2 Å². The van der Waals surface area contributed by atoms with Crippen LogP contribution in [0.1, 0.15) is 55.1 Å². The average Bonchev–Trinajstić information content (AvgIpc) is 1.40. The van der Waals surface area contributed by atoms with Crippen LogP contribution in [0.4, 0.5) is 55.5 Å². The molecule has 0 bridgehead atoms. The number of carbonyl (C=O) groups is 2. The van der Waals surface area contributed by atoms with Crippen molar-refractivity contribution in [2.24, 2.45) is 0 Å². The lowest BCUT2D eigenvalue weighted by atomic mass is 10.1. The van der Waals surface area contributed by atoms with Crippen molar-refractivity contribution in [1.82, 2.24) is 62.8 Å². The SMILES string of the molecule is COC(=O)c1ccc(CN(c2cc(-c3ccc(F)cc3)ccn2)c2nc(C)ns2)cc1.Cc1nsc(N(Cc2ccc(C(=O)NO)cc2)c2cc(-c3ccc(F)cc3)ccn2)n1.Cc1nsc(N)n1.Cc1nsc(Nc2cc(-c3ccc(F)cc3)ccn2)n1.Fc1ccc(-c2ccnc(Cl)c2)cc1.S. The second-order valence-electron chi connectivity index (χ2n) is 21.8. The second-order valence-corrected chi connectivity index (χ2v) is 25.2. The van der Waals surface area contributed by atoms with Crippen LogP contribution < -0.4 is 26.3 Å². The maximum Gasteiger partial charge on any atom is 0.337 e. The fraction of sp³-hybridized carbons (Fsp3) is 0.0959. The van der Waals surface area contributed by atoms with Crippen molar-refractivity contribution >= 4 is 121 Å². The Morgan fingerprint density at radius 2 is 0.837 bits per heavy atom. The summed E-state index contributed by atoms with van der Waals surface area (Å²) in [7, 11) is 1.36. The molecule has 0 unspecified atom stereocenters. The number of nitrogens with one attached hydrogen (secondary N) is 2. The lowest BCUT2D eigenvalue weighted by molar-refractivity contribution is 0.0600. The van der Waals surface area contributed by atoms with Gasteiger partial charge in [-0.25, -0.2) is 67.7 Å². The number of ether oxygens (including phenoxy) is 1. The van der Waals surface area contributed by atoms with Gasteiger partial charge in [-0.2, -0.15) is 31.0 Å². The highest BCUT2D eigenvalue weighted by Gasteiger charge is 2.20. The van der Waals surface area contributed by atoms with E-state index in [2.05, 4.69) is 62.7 Å². The van der Waals surface area contributed by atoms with Crippen LogP contribution in [0, 0.1) is 51.0 Å². The first-order valence-corrected chi connectivity index (χ1v) is 34.3. The van der Waals surface area contributed by atoms with Crippen LogP contribution in [0.2, 0.25) is 5.15 Å². The Labute approximate surface area is 623 Å². The average molecular weight is 1510 g/mol. The first kappa shape index (κ1) is 76.8. The standard InChI is InChI=1S/C23H19FN4O2S.C22H18FN5O2S.C14H11FN4S.C11H7ClFN.C3H5N3S.H2S/c1-15-26-23(31-27-15)28(14-16-3-5-18(6-4-16)22(29)30-2)21-13-19(11-12-25-21)17-7-9-20(24)10-8-17;1-14-25-22(31-27-14)28(13-15-2-4-17(5-3-15)21(29)26-30)20-12-18(10-11-24-20)16-6-8-19(23)9-7-16;1-9-17-14(20-19-9)18-13-8-11(6-7-16-13)10-2-4-12(15)5-3-10;12-11-7-9(5-6-14-11)8-1-3-10(13)4-2-8;1-2-5-3(4)7-6-2;/h3-13H,14H2,1-2H3;2-12,30H,13H2,1H3,(H,26,29);2-8H,1H3,(H,16,17,18,19);1-7H;1H3,(H2,4,5,6);1H2. The molecule has 6 aromatic carbocycles. The van der Waals surface area contributed by atoms with E-state index in [1.165, 1.54) is 102 Å². The van der Waals surface area contributed by atoms with E-state index in [-0.39, 0.29) is 42.7 Å². The number of aryl methyl sites for hydroxylation is 4. The molecule has 14 rings (SSSR count). The summed E-state index contributed by atoms with van der Waals surface area (Å²) in [6, 6.07) is 54.3. The van der Waals surface area contributed by atoms with Crippen molar-refractivity contribution < 1.29 is 37.1 Å². The summed E-state index contributed by atoms with van der Waals surface area (Å²) < 4.78 is 73.5. The number of nitrogens with two attached hydrogens (primary N) is 1. The first-order chi connectivity index (χ1) is 49.8. The number of anilines is 7. The number of aromatic nitrogens is 12. The van der Waals surface area contributed by atoms with Crippen LogP contribution in [-0.4, -0.2) is 81.6 Å². The second kappa shape index (κ2) is 37.5. The minimum absolute atomic E-state index is 0. The van der Waals surface area contributed by atoms with Gasteiger partial charge in [0.2, 0.25) is 15.4 Å². The number of pyridine rings is 4. The molecule has 21 nitrogen and oxygen atoms in total. The molecule has 14 aromatic rings. The number of halogens is 5. The lowest BCUT2D eigenvalue weighted by Crippen LogP contribution is -2.19. The Morgan fingerprint density at radius 3 is 1.19 bits per heavy atom. The van der Waals surface area contributed by atoms with Crippen LogP contribution in [-0.2, 0) is 17.8 Å². The Hall–Kier alpha value is -11.4. The molecule has 0 aliphatic heterocycles. The number of hydroxylamine groups is 1. The van der Waals surface area contributed by atoms with Crippen molar-refractivity contribution in [2.75, 3.05) is 28.0 Å². The number of rotatable bonds is 16. The Balaban J connectivity index is 0.000000160. The topological polar surface area (TPSA) is 275 Å². The van der Waals surface area contributed by atoms with Gasteiger partial charge in [0, 0.05) is 76.5 Å². The maximum absolute atomic E-state index is 13.3. The summed E-state index contributed by atoms with van der Waals surface area (Å²) in [5.74, 6) is 2.85. The number of benzene rings is 6. The highest BCUT2D eigenvalue weighted by molar-refractivity contribution is 7.59. The molecule has 528 valence electrons. The van der Waals surface area contributed by atoms with Crippen LogP contribution in [0.15, 0.2) is 219 Å². The minimum Gasteiger partial charge on any atom is -0.465 e. The molecule has 104 heavy (non-hydrogen) atoms. The molecule has 0 radical (unpaired) electrons. The first-order valence-electron chi connectivity index (χ1n) is 30.8. The molecule has 5 N–H and O–H groups in total. The molecular formula is C73H62ClF4N17O4S5. The predicted molar refractivity (Wildman–Crippen MR) is 405 cm³/mol. The van der Waals surface area contributed by atoms with Gasteiger partial charge < -0.3 is 15.8 Å². The van der Waals surface area contributed by atoms with Crippen LogP contribution in [0.25, 0.3) is 44.5 Å². The highest BCUT2D eigenvalue weighted by Crippen LogP contribution is 2.34. The smallest absolute Gasteiger partial charge is 0.337 e. The van der Waals surface area contributed by atoms with Crippen LogP contribution in [0.3, 0.4) is 0 Å². The molecule has 0 aliphatic carbocycles. The van der Waals surface area contributed by atoms with Gasteiger partial charge in [-0.05, 0) is 205 Å². The number of hydrogen-bond donors (Lipinski definition) is 4. The molecule has 0 saturated carbocycles. The number of hydrogen-bond acceptors (Lipinski definition) is 24. The van der Waals surface area contributed by atoms with Crippen molar-refractivity contribution in [1.29, 1.82) is 0 Å². The van der Waals surface area contributed by atoms with Gasteiger partial charge in [-0.15, -0.1) is 0 Å². The molecule has 0 aliphatic rings.